The van der Waals surface area contributed by atoms with Crippen molar-refractivity contribution >= 4 is 19.7 Å². The van der Waals surface area contributed by atoms with E-state index in [9.17, 15) is 21.6 Å². The Bertz CT molecular complexity index is 475. The molecular formula is C8H6ClF3O3S. The summed E-state index contributed by atoms with van der Waals surface area (Å²) in [5.41, 5.74) is 0. The van der Waals surface area contributed by atoms with Crippen LogP contribution in [-0.2, 0) is 9.05 Å². The van der Waals surface area contributed by atoms with Gasteiger partial charge in [0.25, 0.3) is 15.5 Å². The highest BCUT2D eigenvalue weighted by Gasteiger charge is 2.19. The van der Waals surface area contributed by atoms with E-state index in [0.717, 1.165) is 12.1 Å². The Labute approximate surface area is 94.2 Å². The fourth-order valence-electron chi connectivity index (χ4n) is 0.944. The second-order valence-electron chi connectivity index (χ2n) is 2.73. The molecular weight excluding hydrogens is 269 g/mol. The maximum absolute atomic E-state index is 12.7. The van der Waals surface area contributed by atoms with Crippen LogP contribution in [0.5, 0.6) is 5.75 Å². The lowest BCUT2D eigenvalue weighted by atomic mass is 10.3. The van der Waals surface area contributed by atoms with Crippen LogP contribution >= 0.6 is 10.7 Å². The maximum Gasteiger partial charge on any atom is 0.272 e. The van der Waals surface area contributed by atoms with Crippen molar-refractivity contribution in [3.05, 3.63) is 24.0 Å². The smallest absolute Gasteiger partial charge is 0.272 e. The van der Waals surface area contributed by atoms with Gasteiger partial charge in [0.15, 0.2) is 0 Å². The van der Waals surface area contributed by atoms with Crippen molar-refractivity contribution in [2.75, 3.05) is 6.61 Å². The Kier molecular flexibility index (Phi) is 4.03. The van der Waals surface area contributed by atoms with Crippen LogP contribution in [0.1, 0.15) is 0 Å². The molecule has 1 rings (SSSR count). The van der Waals surface area contributed by atoms with E-state index in [0.29, 0.717) is 6.07 Å². The predicted octanol–water partition coefficient (Wildman–Crippen LogP) is 2.40. The summed E-state index contributed by atoms with van der Waals surface area (Å²) in [6, 6.07) is 2.41. The first-order valence-corrected chi connectivity index (χ1v) is 6.27. The summed E-state index contributed by atoms with van der Waals surface area (Å²) in [6.45, 7) is -0.995. The molecule has 90 valence electrons. The summed E-state index contributed by atoms with van der Waals surface area (Å²) in [4.78, 5) is -0.671. The lowest BCUT2D eigenvalue weighted by molar-refractivity contribution is 0.0804. The van der Waals surface area contributed by atoms with Gasteiger partial charge >= 0.3 is 0 Å². The maximum atomic E-state index is 12.7. The monoisotopic (exact) mass is 274 g/mol. The SMILES string of the molecule is O=S(=O)(Cl)c1cc(F)ccc1OCC(F)F. The van der Waals surface area contributed by atoms with Gasteiger partial charge in [-0.15, -0.1) is 0 Å². The molecule has 0 N–H and O–H groups in total. The Morgan fingerprint density at radius 2 is 2.00 bits per heavy atom. The molecule has 0 aliphatic carbocycles. The van der Waals surface area contributed by atoms with Crippen molar-refractivity contribution in [1.82, 2.24) is 0 Å². The number of hydrogen-bond donors (Lipinski definition) is 0. The molecule has 0 bridgehead atoms. The Hall–Kier alpha value is -0.950. The third kappa shape index (κ3) is 3.57. The van der Waals surface area contributed by atoms with E-state index in [1.807, 2.05) is 0 Å². The molecule has 0 radical (unpaired) electrons. The van der Waals surface area contributed by atoms with E-state index in [4.69, 9.17) is 10.7 Å². The van der Waals surface area contributed by atoms with Crippen molar-refractivity contribution in [3.8, 4) is 5.75 Å². The highest BCUT2D eigenvalue weighted by molar-refractivity contribution is 8.13. The highest BCUT2D eigenvalue weighted by atomic mass is 35.7. The molecule has 0 amide bonds. The van der Waals surface area contributed by atoms with E-state index in [1.165, 1.54) is 0 Å². The zero-order valence-corrected chi connectivity index (χ0v) is 9.23. The molecule has 0 unspecified atom stereocenters. The van der Waals surface area contributed by atoms with Gasteiger partial charge in [-0.25, -0.2) is 21.6 Å². The molecule has 0 aliphatic heterocycles. The minimum absolute atomic E-state index is 0.406. The molecule has 0 aliphatic rings. The second-order valence-corrected chi connectivity index (χ2v) is 5.27. The van der Waals surface area contributed by atoms with Crippen LogP contribution in [0.3, 0.4) is 0 Å². The molecule has 0 fully saturated rings. The molecule has 0 spiro atoms. The first kappa shape index (κ1) is 13.1. The van der Waals surface area contributed by atoms with Crippen LogP contribution in [0, 0.1) is 5.82 Å². The summed E-state index contributed by atoms with van der Waals surface area (Å²) in [6.07, 6.45) is -2.77. The molecule has 8 heteroatoms. The van der Waals surface area contributed by atoms with Crippen molar-refractivity contribution in [2.45, 2.75) is 11.3 Å². The molecule has 0 atom stereocenters. The summed E-state index contributed by atoms with van der Waals surface area (Å²) in [7, 11) is 0.748. The van der Waals surface area contributed by atoms with Gasteiger partial charge in [0.2, 0.25) is 0 Å². The third-order valence-electron chi connectivity index (χ3n) is 1.53. The van der Waals surface area contributed by atoms with Crippen LogP contribution in [0.25, 0.3) is 0 Å². The zero-order valence-electron chi connectivity index (χ0n) is 7.66. The Morgan fingerprint density at radius 3 is 2.50 bits per heavy atom. The number of ether oxygens (including phenoxy) is 1. The van der Waals surface area contributed by atoms with Gasteiger partial charge in [-0.1, -0.05) is 0 Å². The minimum Gasteiger partial charge on any atom is -0.486 e. The van der Waals surface area contributed by atoms with Crippen molar-refractivity contribution in [3.63, 3.8) is 0 Å². The molecule has 3 nitrogen and oxygen atoms in total. The molecule has 0 saturated carbocycles. The third-order valence-corrected chi connectivity index (χ3v) is 2.88. The van der Waals surface area contributed by atoms with Crippen LogP contribution in [0.2, 0.25) is 0 Å². The van der Waals surface area contributed by atoms with Crippen LogP contribution in [-0.4, -0.2) is 21.5 Å². The van der Waals surface area contributed by atoms with Gasteiger partial charge in [-0.3, -0.25) is 0 Å². The quantitative estimate of drug-likeness (QED) is 0.792. The normalized spacial score (nSPS) is 11.8. The number of benzene rings is 1. The summed E-state index contributed by atoms with van der Waals surface area (Å²) in [5, 5.41) is 0. The molecule has 16 heavy (non-hydrogen) atoms. The first-order valence-electron chi connectivity index (χ1n) is 3.96. The van der Waals surface area contributed by atoms with E-state index in [2.05, 4.69) is 4.74 Å². The fraction of sp³-hybridized carbons (Fsp3) is 0.250. The van der Waals surface area contributed by atoms with Gasteiger partial charge in [0.05, 0.1) is 0 Å². The van der Waals surface area contributed by atoms with E-state index in [1.54, 1.807) is 0 Å². The molecule has 0 saturated heterocycles. The van der Waals surface area contributed by atoms with E-state index in [-0.39, 0.29) is 0 Å². The van der Waals surface area contributed by atoms with E-state index < -0.39 is 38.5 Å². The van der Waals surface area contributed by atoms with Gasteiger partial charge in [-0.05, 0) is 18.2 Å². The molecule has 0 aromatic heterocycles. The average Bonchev–Trinajstić information content (AvgIpc) is 2.14. The predicted molar refractivity (Wildman–Crippen MR) is 50.9 cm³/mol. The minimum atomic E-state index is -4.24. The first-order chi connectivity index (χ1) is 7.30. The second kappa shape index (κ2) is 4.92. The van der Waals surface area contributed by atoms with Gasteiger partial charge in [0.1, 0.15) is 23.1 Å². The molecule has 0 heterocycles. The number of alkyl halides is 2. The van der Waals surface area contributed by atoms with Crippen LogP contribution < -0.4 is 4.74 Å². The van der Waals surface area contributed by atoms with Crippen LogP contribution in [0.4, 0.5) is 13.2 Å². The topological polar surface area (TPSA) is 43.4 Å². The van der Waals surface area contributed by atoms with Crippen LogP contribution in [0.15, 0.2) is 23.1 Å². The summed E-state index contributed by atoms with van der Waals surface area (Å²) >= 11 is 0. The number of rotatable bonds is 4. The lowest BCUT2D eigenvalue weighted by Gasteiger charge is -2.08. The average molecular weight is 275 g/mol. The Morgan fingerprint density at radius 1 is 1.38 bits per heavy atom. The highest BCUT2D eigenvalue weighted by Crippen LogP contribution is 2.27. The van der Waals surface area contributed by atoms with Crippen molar-refractivity contribution < 1.29 is 26.3 Å². The van der Waals surface area contributed by atoms with Gasteiger partial charge in [0, 0.05) is 10.7 Å². The largest absolute Gasteiger partial charge is 0.486 e. The standard InChI is InChI=1S/C8H6ClF3O3S/c9-16(13,14)7-3-5(10)1-2-6(7)15-4-8(11)12/h1-3,8H,4H2. The van der Waals surface area contributed by atoms with E-state index >= 15 is 0 Å². The Balaban J connectivity index is 3.09. The summed E-state index contributed by atoms with van der Waals surface area (Å²) in [5.74, 6) is -1.26. The van der Waals surface area contributed by atoms with Gasteiger partial charge in [-0.2, -0.15) is 0 Å². The lowest BCUT2D eigenvalue weighted by Crippen LogP contribution is -2.09. The molecule has 1 aromatic rings. The fourth-order valence-corrected chi connectivity index (χ4v) is 1.93. The number of halogens is 4. The van der Waals surface area contributed by atoms with Crippen molar-refractivity contribution in [1.29, 1.82) is 0 Å². The van der Waals surface area contributed by atoms with Crippen molar-refractivity contribution in [2.24, 2.45) is 0 Å². The summed E-state index contributed by atoms with van der Waals surface area (Å²) < 4.78 is 62.9. The number of hydrogen-bond acceptors (Lipinski definition) is 3. The van der Waals surface area contributed by atoms with Gasteiger partial charge < -0.3 is 4.74 Å². The molecule has 1 aromatic carbocycles. The zero-order chi connectivity index (χ0) is 12.3.